The van der Waals surface area contributed by atoms with Gasteiger partial charge in [0.15, 0.2) is 5.50 Å². The summed E-state index contributed by atoms with van der Waals surface area (Å²) in [5.41, 5.74) is -1.12. The Morgan fingerprint density at radius 2 is 1.96 bits per heavy atom. The zero-order chi connectivity index (χ0) is 17.4. The van der Waals surface area contributed by atoms with Crippen molar-refractivity contribution in [2.45, 2.75) is 8.73 Å². The fourth-order valence-corrected chi connectivity index (χ4v) is 2.42. The Morgan fingerprint density at radius 1 is 1.35 bits per heavy atom. The number of para-hydroxylation sites is 1. The SMILES string of the molecule is CN1C(=O)N(c2ccccc2F)C(=O)/C1=N/C(Cl)C(Br)(Br)CCl. The molecule has 124 valence electrons. The molecule has 1 aromatic rings. The van der Waals surface area contributed by atoms with Crippen molar-refractivity contribution in [1.29, 1.82) is 0 Å². The van der Waals surface area contributed by atoms with Gasteiger partial charge in [-0.3, -0.25) is 9.69 Å². The van der Waals surface area contributed by atoms with E-state index in [2.05, 4.69) is 36.9 Å². The standard InChI is InChI=1S/C13H10Br2Cl2FN3O2/c1-20-9(19-11(17)13(14,15)6-16)10(22)21(12(20)23)8-5-3-2-4-7(8)18/h2-5,11H,6H2,1H3/b19-9-. The van der Waals surface area contributed by atoms with Crippen LogP contribution in [0.4, 0.5) is 14.9 Å². The molecule has 1 aromatic carbocycles. The predicted molar refractivity (Wildman–Crippen MR) is 95.4 cm³/mol. The molecule has 1 atom stereocenters. The number of rotatable bonds is 4. The molecule has 0 aromatic heterocycles. The van der Waals surface area contributed by atoms with Crippen LogP contribution in [0.5, 0.6) is 0 Å². The third kappa shape index (κ3) is 3.55. The number of benzene rings is 1. The summed E-state index contributed by atoms with van der Waals surface area (Å²) in [4.78, 5) is 30.5. The van der Waals surface area contributed by atoms with Gasteiger partial charge in [0, 0.05) is 7.05 Å². The summed E-state index contributed by atoms with van der Waals surface area (Å²) < 4.78 is 12.9. The number of amides is 3. The third-order valence-electron chi connectivity index (χ3n) is 3.05. The molecule has 0 aliphatic carbocycles. The molecule has 1 fully saturated rings. The molecule has 1 unspecified atom stereocenters. The Kier molecular flexibility index (Phi) is 5.71. The summed E-state index contributed by atoms with van der Waals surface area (Å²) >= 11 is 18.3. The van der Waals surface area contributed by atoms with Gasteiger partial charge in [-0.05, 0) is 12.1 Å². The maximum Gasteiger partial charge on any atom is 0.337 e. The lowest BCUT2D eigenvalue weighted by Crippen LogP contribution is -2.32. The molecule has 10 heteroatoms. The number of anilines is 1. The number of halogens is 5. The number of carbonyl (C=O) groups is 2. The molecule has 23 heavy (non-hydrogen) atoms. The maximum atomic E-state index is 13.9. The van der Waals surface area contributed by atoms with Gasteiger partial charge in [0.05, 0.1) is 11.6 Å². The minimum absolute atomic E-state index is 0.0564. The zero-order valence-corrected chi connectivity index (χ0v) is 16.3. The van der Waals surface area contributed by atoms with Crippen LogP contribution in [0.25, 0.3) is 0 Å². The Bertz CT molecular complexity index is 687. The van der Waals surface area contributed by atoms with Crippen LogP contribution in [0.3, 0.4) is 0 Å². The molecule has 0 spiro atoms. The van der Waals surface area contributed by atoms with Crippen molar-refractivity contribution in [1.82, 2.24) is 4.90 Å². The highest BCUT2D eigenvalue weighted by atomic mass is 79.9. The number of aliphatic imine (C=N–C) groups is 1. The minimum Gasteiger partial charge on any atom is -0.276 e. The lowest BCUT2D eigenvalue weighted by Gasteiger charge is -2.20. The number of amidine groups is 1. The Balaban J connectivity index is 2.41. The fourth-order valence-electron chi connectivity index (χ4n) is 1.82. The van der Waals surface area contributed by atoms with Crippen LogP contribution in [-0.4, -0.2) is 44.3 Å². The molecular formula is C13H10Br2Cl2FN3O2. The summed E-state index contributed by atoms with van der Waals surface area (Å²) in [5, 5.41) is 0. The minimum atomic E-state index is -0.977. The van der Waals surface area contributed by atoms with Gasteiger partial charge in [-0.15, -0.1) is 11.6 Å². The Labute approximate surface area is 158 Å². The number of nitrogens with zero attached hydrogens (tertiary/aromatic N) is 3. The third-order valence-corrected chi connectivity index (χ3v) is 6.54. The van der Waals surface area contributed by atoms with Crippen molar-refractivity contribution in [3.8, 4) is 0 Å². The second-order valence-corrected chi connectivity index (χ2v) is 9.19. The highest BCUT2D eigenvalue weighted by Gasteiger charge is 2.44. The summed E-state index contributed by atoms with van der Waals surface area (Å²) in [6.45, 7) is 0. The maximum absolute atomic E-state index is 13.9. The molecule has 5 nitrogen and oxygen atoms in total. The van der Waals surface area contributed by atoms with Crippen LogP contribution < -0.4 is 4.90 Å². The van der Waals surface area contributed by atoms with Gasteiger partial charge >= 0.3 is 11.9 Å². The largest absolute Gasteiger partial charge is 0.337 e. The summed E-state index contributed by atoms with van der Waals surface area (Å²) in [7, 11) is 1.36. The van der Waals surface area contributed by atoms with Gasteiger partial charge in [-0.2, -0.15) is 0 Å². The van der Waals surface area contributed by atoms with Crippen molar-refractivity contribution in [3.63, 3.8) is 0 Å². The second-order valence-electron chi connectivity index (χ2n) is 4.62. The van der Waals surface area contributed by atoms with Gasteiger partial charge in [0.25, 0.3) is 0 Å². The molecule has 0 N–H and O–H groups in total. The predicted octanol–water partition coefficient (Wildman–Crippen LogP) is 3.91. The number of hydrogen-bond acceptors (Lipinski definition) is 3. The molecule has 1 aliphatic rings. The highest BCUT2D eigenvalue weighted by molar-refractivity contribution is 9.25. The van der Waals surface area contributed by atoms with Gasteiger partial charge < -0.3 is 0 Å². The van der Waals surface area contributed by atoms with Crippen LogP contribution in [0.1, 0.15) is 0 Å². The van der Waals surface area contributed by atoms with Gasteiger partial charge in [0.2, 0.25) is 5.84 Å². The lowest BCUT2D eigenvalue weighted by atomic mass is 10.3. The normalized spacial score (nSPS) is 19.0. The van der Waals surface area contributed by atoms with Crippen LogP contribution in [-0.2, 0) is 4.79 Å². The van der Waals surface area contributed by atoms with E-state index in [0.717, 1.165) is 11.0 Å². The fraction of sp³-hybridized carbons (Fsp3) is 0.308. The molecular weight excluding hydrogens is 480 g/mol. The molecule has 0 bridgehead atoms. The number of alkyl halides is 4. The van der Waals surface area contributed by atoms with E-state index >= 15 is 0 Å². The summed E-state index contributed by atoms with van der Waals surface area (Å²) in [6.07, 6.45) is 0. The molecule has 0 radical (unpaired) electrons. The van der Waals surface area contributed by atoms with E-state index in [1.807, 2.05) is 0 Å². The number of imide groups is 1. The number of urea groups is 1. The van der Waals surface area contributed by atoms with Crippen LogP contribution >= 0.6 is 55.1 Å². The van der Waals surface area contributed by atoms with E-state index in [1.165, 1.54) is 25.2 Å². The average Bonchev–Trinajstić information content (AvgIpc) is 2.72. The number of carbonyl (C=O) groups excluding carboxylic acids is 2. The average molecular weight is 490 g/mol. The Morgan fingerprint density at radius 3 is 2.52 bits per heavy atom. The first-order valence-corrected chi connectivity index (χ1v) is 8.78. The first-order chi connectivity index (χ1) is 10.7. The van der Waals surface area contributed by atoms with Gasteiger partial charge in [-0.25, -0.2) is 19.1 Å². The molecule has 3 amide bonds. The van der Waals surface area contributed by atoms with E-state index in [9.17, 15) is 14.0 Å². The highest BCUT2D eigenvalue weighted by Crippen LogP contribution is 2.36. The summed E-state index contributed by atoms with van der Waals surface area (Å²) in [6, 6.07) is 4.75. The lowest BCUT2D eigenvalue weighted by molar-refractivity contribution is -0.111. The number of likely N-dealkylation sites (N-methyl/N-ethyl adjacent to an activating group) is 1. The number of hydrogen-bond donors (Lipinski definition) is 0. The van der Waals surface area contributed by atoms with Crippen molar-refractivity contribution < 1.29 is 14.0 Å². The van der Waals surface area contributed by atoms with Crippen LogP contribution in [0, 0.1) is 5.82 Å². The summed E-state index contributed by atoms with van der Waals surface area (Å²) in [5.74, 6) is -1.60. The molecule has 0 saturated carbocycles. The Hall–Kier alpha value is -0.700. The van der Waals surface area contributed by atoms with E-state index in [-0.39, 0.29) is 17.4 Å². The first-order valence-electron chi connectivity index (χ1n) is 6.23. The topological polar surface area (TPSA) is 53.0 Å². The van der Waals surface area contributed by atoms with Gasteiger partial charge in [-0.1, -0.05) is 55.6 Å². The first kappa shape index (κ1) is 18.6. The van der Waals surface area contributed by atoms with Crippen molar-refractivity contribution >= 4 is 78.5 Å². The second kappa shape index (κ2) is 7.04. The van der Waals surface area contributed by atoms with Crippen LogP contribution in [0.2, 0.25) is 0 Å². The quantitative estimate of drug-likeness (QED) is 0.366. The van der Waals surface area contributed by atoms with E-state index in [1.54, 1.807) is 0 Å². The molecule has 2 rings (SSSR count). The van der Waals surface area contributed by atoms with E-state index in [4.69, 9.17) is 23.2 Å². The van der Waals surface area contributed by atoms with Crippen molar-refractivity contribution in [2.24, 2.45) is 4.99 Å². The molecule has 1 saturated heterocycles. The zero-order valence-electron chi connectivity index (χ0n) is 11.6. The van der Waals surface area contributed by atoms with Gasteiger partial charge in [0.1, 0.15) is 9.05 Å². The van der Waals surface area contributed by atoms with E-state index < -0.39 is 26.5 Å². The van der Waals surface area contributed by atoms with Crippen LogP contribution in [0.15, 0.2) is 29.3 Å². The monoisotopic (exact) mass is 487 g/mol. The van der Waals surface area contributed by atoms with Crippen molar-refractivity contribution in [2.75, 3.05) is 17.8 Å². The van der Waals surface area contributed by atoms with E-state index in [0.29, 0.717) is 4.90 Å². The molecule has 1 heterocycles. The molecule has 1 aliphatic heterocycles. The smallest absolute Gasteiger partial charge is 0.276 e. The van der Waals surface area contributed by atoms with Crippen molar-refractivity contribution in [3.05, 3.63) is 30.1 Å².